The number of hydrogen-bond acceptors (Lipinski definition) is 3. The molecule has 0 aromatic carbocycles. The van der Waals surface area contributed by atoms with Crippen molar-refractivity contribution in [1.29, 1.82) is 0 Å². The zero-order valence-corrected chi connectivity index (χ0v) is 19.2. The van der Waals surface area contributed by atoms with E-state index in [4.69, 9.17) is 4.43 Å². The van der Waals surface area contributed by atoms with Gasteiger partial charge >= 0.3 is 0 Å². The molecular formula is C21H43O2SSi. The maximum Gasteiger partial charge on any atom is 0.211 e. The molecule has 1 atom stereocenters. The van der Waals surface area contributed by atoms with Gasteiger partial charge in [-0.05, 0) is 38.3 Å². The van der Waals surface area contributed by atoms with Gasteiger partial charge in [0.1, 0.15) is 0 Å². The molecule has 0 aliphatic heterocycles. The Kier molecular flexibility index (Phi) is 19.1. The molecule has 0 rings (SSSR count). The van der Waals surface area contributed by atoms with Gasteiger partial charge in [0.25, 0.3) is 0 Å². The molecule has 0 heterocycles. The summed E-state index contributed by atoms with van der Waals surface area (Å²) >= 11 is 1.54. The van der Waals surface area contributed by atoms with Gasteiger partial charge < -0.3 is 4.43 Å². The summed E-state index contributed by atoms with van der Waals surface area (Å²) in [6.45, 7) is 8.98. The number of hydrogen-bond donors (Lipinski definition) is 0. The highest BCUT2D eigenvalue weighted by atomic mass is 32.2. The third-order valence-electron chi connectivity index (χ3n) is 4.49. The second-order valence-electron chi connectivity index (χ2n) is 7.20. The van der Waals surface area contributed by atoms with E-state index in [-0.39, 0.29) is 0 Å². The molecule has 25 heavy (non-hydrogen) atoms. The maximum absolute atomic E-state index is 11.9. The van der Waals surface area contributed by atoms with E-state index < -0.39 is 9.04 Å². The minimum absolute atomic E-state index is 0.368. The van der Waals surface area contributed by atoms with Crippen molar-refractivity contribution < 1.29 is 9.22 Å². The number of rotatable bonds is 18. The SMILES string of the molecule is CCCCCCCC(=O)SCCCC(C)O[Si](CCCC)CCCC. The van der Waals surface area contributed by atoms with Crippen LogP contribution in [-0.2, 0) is 9.22 Å². The molecule has 0 bridgehead atoms. The Morgan fingerprint density at radius 1 is 0.880 bits per heavy atom. The van der Waals surface area contributed by atoms with Gasteiger partial charge in [-0.2, -0.15) is 0 Å². The summed E-state index contributed by atoms with van der Waals surface area (Å²) in [4.78, 5) is 11.9. The van der Waals surface area contributed by atoms with Gasteiger partial charge in [-0.3, -0.25) is 4.79 Å². The van der Waals surface area contributed by atoms with Crippen LogP contribution in [0.25, 0.3) is 0 Å². The molecular weight excluding hydrogens is 344 g/mol. The first-order chi connectivity index (χ1) is 12.1. The zero-order chi connectivity index (χ0) is 18.8. The highest BCUT2D eigenvalue weighted by molar-refractivity contribution is 8.13. The van der Waals surface area contributed by atoms with Crippen LogP contribution in [0.3, 0.4) is 0 Å². The van der Waals surface area contributed by atoms with Crippen LogP contribution in [0.1, 0.15) is 105 Å². The molecule has 4 heteroatoms. The molecule has 1 radical (unpaired) electrons. The number of thioether (sulfide) groups is 1. The van der Waals surface area contributed by atoms with Crippen LogP contribution in [0.15, 0.2) is 0 Å². The van der Waals surface area contributed by atoms with Crippen LogP contribution in [0, 0.1) is 0 Å². The van der Waals surface area contributed by atoms with Crippen molar-refractivity contribution in [1.82, 2.24) is 0 Å². The lowest BCUT2D eigenvalue weighted by Gasteiger charge is -2.20. The van der Waals surface area contributed by atoms with E-state index >= 15 is 0 Å². The molecule has 0 aliphatic carbocycles. The fourth-order valence-corrected chi connectivity index (χ4v) is 6.33. The average Bonchev–Trinajstić information content (AvgIpc) is 2.60. The predicted molar refractivity (Wildman–Crippen MR) is 116 cm³/mol. The summed E-state index contributed by atoms with van der Waals surface area (Å²) in [5, 5.41) is 0.390. The quantitative estimate of drug-likeness (QED) is 0.181. The maximum atomic E-state index is 11.9. The van der Waals surface area contributed by atoms with Crippen LogP contribution >= 0.6 is 11.8 Å². The molecule has 0 N–H and O–H groups in total. The Morgan fingerprint density at radius 2 is 1.48 bits per heavy atom. The monoisotopic (exact) mass is 387 g/mol. The third kappa shape index (κ3) is 17.4. The highest BCUT2D eigenvalue weighted by Gasteiger charge is 2.16. The fourth-order valence-electron chi connectivity index (χ4n) is 2.84. The van der Waals surface area contributed by atoms with Gasteiger partial charge in [-0.25, -0.2) is 0 Å². The van der Waals surface area contributed by atoms with Crippen molar-refractivity contribution in [3.8, 4) is 0 Å². The summed E-state index contributed by atoms with van der Waals surface area (Å²) < 4.78 is 6.37. The molecule has 0 amide bonds. The van der Waals surface area contributed by atoms with Crippen LogP contribution in [0.2, 0.25) is 12.1 Å². The van der Waals surface area contributed by atoms with E-state index in [9.17, 15) is 4.79 Å². The van der Waals surface area contributed by atoms with Crippen molar-refractivity contribution in [3.05, 3.63) is 0 Å². The normalized spacial score (nSPS) is 12.7. The fraction of sp³-hybridized carbons (Fsp3) is 0.952. The minimum Gasteiger partial charge on any atom is -0.414 e. The minimum atomic E-state index is -0.615. The van der Waals surface area contributed by atoms with E-state index in [0.29, 0.717) is 11.2 Å². The molecule has 0 saturated carbocycles. The first-order valence-electron chi connectivity index (χ1n) is 10.8. The third-order valence-corrected chi connectivity index (χ3v) is 8.07. The van der Waals surface area contributed by atoms with E-state index in [1.54, 1.807) is 11.8 Å². The van der Waals surface area contributed by atoms with Crippen molar-refractivity contribution in [2.75, 3.05) is 5.75 Å². The van der Waals surface area contributed by atoms with E-state index in [1.165, 1.54) is 63.5 Å². The molecule has 149 valence electrons. The topological polar surface area (TPSA) is 26.3 Å². The number of carbonyl (C=O) groups excluding carboxylic acids is 1. The van der Waals surface area contributed by atoms with Crippen molar-refractivity contribution in [2.45, 2.75) is 123 Å². The van der Waals surface area contributed by atoms with Crippen LogP contribution in [0.4, 0.5) is 0 Å². The largest absolute Gasteiger partial charge is 0.414 e. The summed E-state index contributed by atoms with van der Waals surface area (Å²) in [5.74, 6) is 0.966. The number of carbonyl (C=O) groups is 1. The van der Waals surface area contributed by atoms with Gasteiger partial charge in [0.05, 0.1) is 0 Å². The number of unbranched alkanes of at least 4 members (excludes halogenated alkanes) is 6. The Hall–Kier alpha value is 0.197. The lowest BCUT2D eigenvalue weighted by Crippen LogP contribution is -2.24. The van der Waals surface area contributed by atoms with Crippen molar-refractivity contribution in [3.63, 3.8) is 0 Å². The summed E-state index contributed by atoms with van der Waals surface area (Å²) in [5.41, 5.74) is 0. The van der Waals surface area contributed by atoms with Crippen LogP contribution in [-0.4, -0.2) is 26.0 Å². The zero-order valence-electron chi connectivity index (χ0n) is 17.4. The molecule has 0 fully saturated rings. The average molecular weight is 388 g/mol. The van der Waals surface area contributed by atoms with Gasteiger partial charge in [-0.1, -0.05) is 83.9 Å². The van der Waals surface area contributed by atoms with E-state index in [2.05, 4.69) is 27.7 Å². The lowest BCUT2D eigenvalue weighted by atomic mass is 10.1. The van der Waals surface area contributed by atoms with Gasteiger partial charge in [0.15, 0.2) is 5.12 Å². The summed E-state index contributed by atoms with van der Waals surface area (Å²) in [6, 6.07) is 2.60. The second kappa shape index (κ2) is 19.0. The predicted octanol–water partition coefficient (Wildman–Crippen LogP) is 7.38. The van der Waals surface area contributed by atoms with Crippen molar-refractivity contribution >= 4 is 25.9 Å². The molecule has 0 aromatic rings. The molecule has 2 nitrogen and oxygen atoms in total. The highest BCUT2D eigenvalue weighted by Crippen LogP contribution is 2.17. The van der Waals surface area contributed by atoms with Crippen LogP contribution < -0.4 is 0 Å². The Labute approximate surface area is 164 Å². The van der Waals surface area contributed by atoms with Crippen molar-refractivity contribution in [2.24, 2.45) is 0 Å². The Balaban J connectivity index is 3.71. The molecule has 0 spiro atoms. The second-order valence-corrected chi connectivity index (χ2v) is 10.7. The van der Waals surface area contributed by atoms with E-state index in [1.807, 2.05) is 0 Å². The first kappa shape index (κ1) is 25.2. The van der Waals surface area contributed by atoms with Gasteiger partial charge in [-0.15, -0.1) is 0 Å². The summed E-state index contributed by atoms with van der Waals surface area (Å²) in [7, 11) is -0.615. The van der Waals surface area contributed by atoms with E-state index in [0.717, 1.165) is 31.4 Å². The Morgan fingerprint density at radius 3 is 2.08 bits per heavy atom. The van der Waals surface area contributed by atoms with Gasteiger partial charge in [0.2, 0.25) is 9.04 Å². The molecule has 0 aromatic heterocycles. The van der Waals surface area contributed by atoms with Crippen LogP contribution in [0.5, 0.6) is 0 Å². The molecule has 0 aliphatic rings. The smallest absolute Gasteiger partial charge is 0.211 e. The Bertz CT molecular complexity index is 292. The first-order valence-corrected chi connectivity index (χ1v) is 13.6. The summed E-state index contributed by atoms with van der Waals surface area (Å²) in [6.07, 6.45) is 14.6. The lowest BCUT2D eigenvalue weighted by molar-refractivity contribution is -0.111. The van der Waals surface area contributed by atoms with Gasteiger partial charge in [0, 0.05) is 18.3 Å². The molecule has 1 unspecified atom stereocenters. The standard InChI is InChI=1S/C21H43O2SSi/c1-5-8-11-12-13-16-21(22)24-17-14-15-20(4)23-25(18-9-6-2)19-10-7-3/h20H,5-19H2,1-4H3. The molecule has 0 saturated heterocycles.